The van der Waals surface area contributed by atoms with Crippen LogP contribution in [0.3, 0.4) is 0 Å². The van der Waals surface area contributed by atoms with E-state index in [0.29, 0.717) is 28.8 Å². The summed E-state index contributed by atoms with van der Waals surface area (Å²) in [6.45, 7) is 0.200. The quantitative estimate of drug-likeness (QED) is 0.236. The van der Waals surface area contributed by atoms with Gasteiger partial charge in [-0.2, -0.15) is 0 Å². The minimum absolute atomic E-state index is 0.0185. The summed E-state index contributed by atoms with van der Waals surface area (Å²) in [4.78, 5) is 12.3. The summed E-state index contributed by atoms with van der Waals surface area (Å²) in [5.41, 5.74) is 1.93. The Kier molecular flexibility index (Phi) is 8.55. The predicted molar refractivity (Wildman–Crippen MR) is 145 cm³/mol. The summed E-state index contributed by atoms with van der Waals surface area (Å²) in [5, 5.41) is 3.29. The Morgan fingerprint density at radius 1 is 0.730 bits per heavy atom. The monoisotopic (exact) mass is 556 g/mol. The molecular weight excluding hydrogens is 535 g/mol. The third kappa shape index (κ3) is 7.63. The number of amides is 1. The molecule has 2 N–H and O–H groups in total. The molecule has 0 atom stereocenters. The van der Waals surface area contributed by atoms with Crippen molar-refractivity contribution in [1.29, 1.82) is 0 Å². The van der Waals surface area contributed by atoms with Crippen molar-refractivity contribution in [2.45, 2.75) is 11.5 Å². The van der Waals surface area contributed by atoms with Crippen molar-refractivity contribution in [2.24, 2.45) is 0 Å². The highest BCUT2D eigenvalue weighted by atomic mass is 35.5. The van der Waals surface area contributed by atoms with Crippen LogP contribution in [0.15, 0.2) is 102 Å². The Bertz CT molecular complexity index is 1460. The van der Waals surface area contributed by atoms with Crippen molar-refractivity contribution in [2.75, 3.05) is 16.6 Å². The van der Waals surface area contributed by atoms with Crippen LogP contribution < -0.4 is 19.5 Å². The van der Waals surface area contributed by atoms with Crippen molar-refractivity contribution < 1.29 is 22.7 Å². The smallest absolute Gasteiger partial charge is 0.262 e. The summed E-state index contributed by atoms with van der Waals surface area (Å²) in [7, 11) is -3.85. The van der Waals surface area contributed by atoms with E-state index in [1.165, 1.54) is 42.5 Å². The number of hydrogen-bond donors (Lipinski definition) is 2. The molecular formula is C27H22Cl2N2O5S. The van der Waals surface area contributed by atoms with Gasteiger partial charge >= 0.3 is 0 Å². The van der Waals surface area contributed by atoms with Crippen molar-refractivity contribution in [3.05, 3.63) is 113 Å². The van der Waals surface area contributed by atoms with Gasteiger partial charge in [-0.05, 0) is 72.3 Å². The lowest BCUT2D eigenvalue weighted by atomic mass is 10.2. The summed E-state index contributed by atoms with van der Waals surface area (Å²) >= 11 is 11.8. The molecule has 0 aliphatic rings. The highest BCUT2D eigenvalue weighted by Crippen LogP contribution is 2.27. The van der Waals surface area contributed by atoms with E-state index in [2.05, 4.69) is 10.0 Å². The van der Waals surface area contributed by atoms with Gasteiger partial charge < -0.3 is 14.8 Å². The van der Waals surface area contributed by atoms with Gasteiger partial charge in [0.05, 0.1) is 20.6 Å². The van der Waals surface area contributed by atoms with Gasteiger partial charge in [0, 0.05) is 5.69 Å². The zero-order valence-corrected chi connectivity index (χ0v) is 21.7. The predicted octanol–water partition coefficient (Wildman–Crippen LogP) is 6.39. The highest BCUT2D eigenvalue weighted by Gasteiger charge is 2.15. The van der Waals surface area contributed by atoms with E-state index >= 15 is 0 Å². The maximum atomic E-state index is 12.6. The molecule has 4 rings (SSSR count). The number of halogens is 2. The molecule has 7 nitrogen and oxygen atoms in total. The zero-order valence-electron chi connectivity index (χ0n) is 19.4. The first-order valence-corrected chi connectivity index (χ1v) is 13.3. The second-order valence-electron chi connectivity index (χ2n) is 7.84. The van der Waals surface area contributed by atoms with Crippen LogP contribution in [-0.4, -0.2) is 20.9 Å². The lowest BCUT2D eigenvalue weighted by molar-refractivity contribution is -0.118. The van der Waals surface area contributed by atoms with Gasteiger partial charge in [0.2, 0.25) is 0 Å². The van der Waals surface area contributed by atoms with E-state index < -0.39 is 10.0 Å². The van der Waals surface area contributed by atoms with Crippen LogP contribution in [0, 0.1) is 0 Å². The summed E-state index contributed by atoms with van der Waals surface area (Å²) in [6.07, 6.45) is 0. The lowest BCUT2D eigenvalue weighted by Gasteiger charge is -2.11. The van der Waals surface area contributed by atoms with Crippen LogP contribution in [0.5, 0.6) is 11.5 Å². The largest absolute Gasteiger partial charge is 0.489 e. The third-order valence-corrected chi connectivity index (χ3v) is 7.20. The van der Waals surface area contributed by atoms with Gasteiger partial charge in [-0.15, -0.1) is 0 Å². The number of hydrogen-bond acceptors (Lipinski definition) is 5. The van der Waals surface area contributed by atoms with Gasteiger partial charge in [-0.25, -0.2) is 8.42 Å². The SMILES string of the molecule is O=C(COc1ccc(S(=O)(=O)Nc2ccc(Cl)c(Cl)c2)cc1)Nc1ccc(OCc2ccccc2)cc1. The molecule has 0 unspecified atom stereocenters. The van der Waals surface area contributed by atoms with Crippen molar-refractivity contribution in [1.82, 2.24) is 0 Å². The maximum Gasteiger partial charge on any atom is 0.262 e. The average Bonchev–Trinajstić information content (AvgIpc) is 2.90. The first kappa shape index (κ1) is 26.3. The topological polar surface area (TPSA) is 93.7 Å². The zero-order chi connectivity index (χ0) is 26.3. The average molecular weight is 557 g/mol. The van der Waals surface area contributed by atoms with Gasteiger partial charge in [-0.3, -0.25) is 9.52 Å². The number of ether oxygens (including phenoxy) is 2. The maximum absolute atomic E-state index is 12.6. The standard InChI is InChI=1S/C27H22Cl2N2O5S/c28-25-15-8-21(16-26(25)29)31-37(33,34)24-13-11-23(12-14-24)36-18-27(32)30-20-6-9-22(10-7-20)35-17-19-4-2-1-3-5-19/h1-16,31H,17-18H2,(H,30,32). The molecule has 0 aromatic heterocycles. The van der Waals surface area contributed by atoms with Crippen LogP contribution in [0.1, 0.15) is 5.56 Å². The molecule has 0 heterocycles. The molecule has 0 radical (unpaired) electrons. The Hall–Kier alpha value is -3.72. The van der Waals surface area contributed by atoms with Crippen molar-refractivity contribution in [3.63, 3.8) is 0 Å². The van der Waals surface area contributed by atoms with Crippen molar-refractivity contribution >= 4 is 50.5 Å². The van der Waals surface area contributed by atoms with Crippen LogP contribution in [0.25, 0.3) is 0 Å². The third-order valence-electron chi connectivity index (χ3n) is 5.06. The van der Waals surface area contributed by atoms with Crippen LogP contribution in [0.4, 0.5) is 11.4 Å². The van der Waals surface area contributed by atoms with Crippen LogP contribution in [-0.2, 0) is 21.4 Å². The minimum atomic E-state index is -3.85. The van der Waals surface area contributed by atoms with Gasteiger partial charge in [-0.1, -0.05) is 53.5 Å². The molecule has 4 aromatic carbocycles. The fraction of sp³-hybridized carbons (Fsp3) is 0.0741. The van der Waals surface area contributed by atoms with E-state index in [4.69, 9.17) is 32.7 Å². The highest BCUT2D eigenvalue weighted by molar-refractivity contribution is 7.92. The van der Waals surface area contributed by atoms with E-state index in [0.717, 1.165) is 5.56 Å². The second kappa shape index (κ2) is 12.0. The number of benzene rings is 4. The number of sulfonamides is 1. The van der Waals surface area contributed by atoms with Gasteiger partial charge in [0.15, 0.2) is 6.61 Å². The summed E-state index contributed by atoms with van der Waals surface area (Å²) < 4.78 is 38.9. The molecule has 0 aliphatic carbocycles. The van der Waals surface area contributed by atoms with E-state index in [1.807, 2.05) is 30.3 Å². The molecule has 0 spiro atoms. The molecule has 0 saturated carbocycles. The van der Waals surface area contributed by atoms with Crippen molar-refractivity contribution in [3.8, 4) is 11.5 Å². The molecule has 4 aromatic rings. The number of anilines is 2. The Morgan fingerprint density at radius 2 is 1.35 bits per heavy atom. The van der Waals surface area contributed by atoms with E-state index in [-0.39, 0.29) is 28.1 Å². The molecule has 190 valence electrons. The number of rotatable bonds is 10. The minimum Gasteiger partial charge on any atom is -0.489 e. The molecule has 37 heavy (non-hydrogen) atoms. The molecule has 0 fully saturated rings. The number of carbonyl (C=O) groups is 1. The van der Waals surface area contributed by atoms with E-state index in [9.17, 15) is 13.2 Å². The Labute approximate surface area is 225 Å². The van der Waals surface area contributed by atoms with Crippen LogP contribution >= 0.6 is 23.2 Å². The first-order chi connectivity index (χ1) is 17.8. The second-order valence-corrected chi connectivity index (χ2v) is 10.3. The molecule has 0 aliphatic heterocycles. The first-order valence-electron chi connectivity index (χ1n) is 11.1. The normalized spacial score (nSPS) is 11.0. The molecule has 0 bridgehead atoms. The Morgan fingerprint density at radius 3 is 2.03 bits per heavy atom. The summed E-state index contributed by atoms with van der Waals surface area (Å²) in [6, 6.07) is 26.9. The van der Waals surface area contributed by atoms with E-state index in [1.54, 1.807) is 24.3 Å². The fourth-order valence-corrected chi connectivity index (χ4v) is 4.56. The fourth-order valence-electron chi connectivity index (χ4n) is 3.21. The number of carbonyl (C=O) groups excluding carboxylic acids is 1. The number of nitrogens with one attached hydrogen (secondary N) is 2. The lowest BCUT2D eigenvalue weighted by Crippen LogP contribution is -2.20. The molecule has 10 heteroatoms. The van der Waals surface area contributed by atoms with Crippen LogP contribution in [0.2, 0.25) is 10.0 Å². The Balaban J connectivity index is 1.26. The van der Waals surface area contributed by atoms with Gasteiger partial charge in [0.25, 0.3) is 15.9 Å². The summed E-state index contributed by atoms with van der Waals surface area (Å²) in [5.74, 6) is 0.658. The molecule has 1 amide bonds. The van der Waals surface area contributed by atoms with Gasteiger partial charge in [0.1, 0.15) is 18.1 Å². The molecule has 0 saturated heterocycles.